The van der Waals surface area contributed by atoms with Crippen molar-refractivity contribution in [3.8, 4) is 0 Å². The number of H-pyrrole nitrogens is 1. The van der Waals surface area contributed by atoms with Crippen LogP contribution in [0.25, 0.3) is 10.2 Å². The van der Waals surface area contributed by atoms with Crippen molar-refractivity contribution in [2.45, 2.75) is 50.6 Å². The van der Waals surface area contributed by atoms with E-state index in [0.717, 1.165) is 35.4 Å². The Morgan fingerprint density at radius 2 is 2.11 bits per heavy atom. The molecule has 0 bridgehead atoms. The van der Waals surface area contributed by atoms with Crippen molar-refractivity contribution in [3.63, 3.8) is 0 Å². The van der Waals surface area contributed by atoms with Crippen LogP contribution in [0.3, 0.4) is 0 Å². The molecule has 2 N–H and O–H groups in total. The fraction of sp³-hybridized carbons (Fsp3) is 0.455. The van der Waals surface area contributed by atoms with Crippen LogP contribution in [0.5, 0.6) is 0 Å². The highest BCUT2D eigenvalue weighted by Crippen LogP contribution is 2.35. The third kappa shape index (κ3) is 3.78. The average Bonchev–Trinajstić information content (AvgIpc) is 3.05. The Hall–Kier alpha value is -1.63. The number of aryl methyl sites for hydroxylation is 1. The molecule has 1 aliphatic carbocycles. The Bertz CT molecular complexity index is 1040. The van der Waals surface area contributed by atoms with Crippen molar-refractivity contribution < 1.29 is 4.90 Å². The van der Waals surface area contributed by atoms with E-state index < -0.39 is 0 Å². The predicted octanol–water partition coefficient (Wildman–Crippen LogP) is 3.61. The summed E-state index contributed by atoms with van der Waals surface area (Å²) in [6.45, 7) is 5.34. The maximum atomic E-state index is 12.9. The van der Waals surface area contributed by atoms with E-state index in [2.05, 4.69) is 56.4 Å². The zero-order valence-corrected chi connectivity index (χ0v) is 18.6. The minimum absolute atomic E-state index is 0.0380. The van der Waals surface area contributed by atoms with Crippen molar-refractivity contribution >= 4 is 33.3 Å². The molecule has 1 aliphatic rings. The molecular weight excluding hydrogens is 386 g/mol. The first-order valence-electron chi connectivity index (χ1n) is 9.96. The highest BCUT2D eigenvalue weighted by molar-refractivity contribution is 7.98. The van der Waals surface area contributed by atoms with Gasteiger partial charge in [0.15, 0.2) is 5.82 Å². The number of hydrogen-bond donors (Lipinski definition) is 2. The summed E-state index contributed by atoms with van der Waals surface area (Å²) in [5.74, 6) is 1.49. The monoisotopic (exact) mass is 414 g/mol. The molecule has 1 aromatic carbocycles. The minimum atomic E-state index is 0.0380. The summed E-state index contributed by atoms with van der Waals surface area (Å²) in [6, 6.07) is 8.84. The topological polar surface area (TPSA) is 50.2 Å². The number of nitrogens with zero attached hydrogens (tertiary/aromatic N) is 1. The molecule has 0 fully saturated rings. The number of hydrogen-bond acceptors (Lipinski definition) is 4. The Labute approximate surface area is 174 Å². The van der Waals surface area contributed by atoms with E-state index in [9.17, 15) is 4.79 Å². The van der Waals surface area contributed by atoms with Gasteiger partial charge in [0, 0.05) is 15.3 Å². The third-order valence-electron chi connectivity index (χ3n) is 5.98. The standard InChI is InChI=1S/C22H27N3OS2/c1-13-5-10-17-18(11-13)28-22-19(17)21(26)23-20(24-22)14(2)25(3)12-15-6-8-16(27-4)9-7-15/h6-9,13-14H,5,10-12H2,1-4H3,(H,23,24,26)/p+1/t13-,14-/m1/s1. The molecule has 0 aliphatic heterocycles. The van der Waals surface area contributed by atoms with Gasteiger partial charge in [-0.2, -0.15) is 0 Å². The molecule has 0 radical (unpaired) electrons. The van der Waals surface area contributed by atoms with Crippen LogP contribution >= 0.6 is 23.1 Å². The van der Waals surface area contributed by atoms with Crippen molar-refractivity contribution in [2.75, 3.05) is 13.3 Å². The molecule has 148 valence electrons. The van der Waals surface area contributed by atoms with Gasteiger partial charge in [-0.1, -0.05) is 19.1 Å². The number of aromatic nitrogens is 2. The van der Waals surface area contributed by atoms with E-state index >= 15 is 0 Å². The van der Waals surface area contributed by atoms with Crippen LogP contribution < -0.4 is 10.5 Å². The predicted molar refractivity (Wildman–Crippen MR) is 119 cm³/mol. The van der Waals surface area contributed by atoms with Gasteiger partial charge in [0.1, 0.15) is 17.4 Å². The average molecular weight is 415 g/mol. The summed E-state index contributed by atoms with van der Waals surface area (Å²) in [4.78, 5) is 25.7. The molecule has 0 saturated carbocycles. The Morgan fingerprint density at radius 1 is 1.36 bits per heavy atom. The number of thiophene rings is 1. The van der Waals surface area contributed by atoms with Crippen molar-refractivity contribution in [2.24, 2.45) is 5.92 Å². The van der Waals surface area contributed by atoms with Crippen molar-refractivity contribution in [3.05, 3.63) is 56.4 Å². The second-order valence-corrected chi connectivity index (χ2v) is 10.0. The first-order chi connectivity index (χ1) is 13.5. The number of quaternary nitrogens is 1. The van der Waals surface area contributed by atoms with Gasteiger partial charge in [-0.05, 0) is 56.1 Å². The van der Waals surface area contributed by atoms with Gasteiger partial charge < -0.3 is 9.88 Å². The van der Waals surface area contributed by atoms with E-state index in [1.807, 2.05) is 0 Å². The van der Waals surface area contributed by atoms with Crippen LogP contribution in [0.2, 0.25) is 0 Å². The lowest BCUT2D eigenvalue weighted by Crippen LogP contribution is -3.07. The number of aromatic amines is 1. The lowest BCUT2D eigenvalue weighted by atomic mass is 9.89. The smallest absolute Gasteiger partial charge is 0.260 e. The van der Waals surface area contributed by atoms with Crippen LogP contribution in [-0.2, 0) is 19.4 Å². The van der Waals surface area contributed by atoms with E-state index in [1.165, 1.54) is 32.2 Å². The van der Waals surface area contributed by atoms with Gasteiger partial charge in [-0.3, -0.25) is 4.79 Å². The molecule has 4 nitrogen and oxygen atoms in total. The molecular formula is C22H28N3OS2+. The molecule has 3 aromatic rings. The molecule has 2 heterocycles. The summed E-state index contributed by atoms with van der Waals surface area (Å²) in [5.41, 5.74) is 2.59. The number of nitrogens with one attached hydrogen (secondary N) is 2. The van der Waals surface area contributed by atoms with E-state index in [4.69, 9.17) is 4.98 Å². The van der Waals surface area contributed by atoms with Gasteiger partial charge in [0.2, 0.25) is 0 Å². The number of thioether (sulfide) groups is 1. The van der Waals surface area contributed by atoms with E-state index in [-0.39, 0.29) is 11.6 Å². The molecule has 28 heavy (non-hydrogen) atoms. The Balaban J connectivity index is 1.59. The largest absolute Gasteiger partial charge is 0.325 e. The van der Waals surface area contributed by atoms with Gasteiger partial charge in [0.25, 0.3) is 5.56 Å². The Kier molecular flexibility index (Phi) is 5.63. The second-order valence-electron chi connectivity index (χ2n) is 8.08. The third-order valence-corrected chi connectivity index (χ3v) is 7.87. The molecule has 6 heteroatoms. The zero-order chi connectivity index (χ0) is 19.8. The molecule has 2 aromatic heterocycles. The van der Waals surface area contributed by atoms with Crippen molar-refractivity contribution in [1.82, 2.24) is 9.97 Å². The van der Waals surface area contributed by atoms with Gasteiger partial charge in [-0.15, -0.1) is 23.1 Å². The second kappa shape index (κ2) is 8.01. The highest BCUT2D eigenvalue weighted by atomic mass is 32.2. The number of fused-ring (bicyclic) bond motifs is 3. The molecule has 0 saturated heterocycles. The van der Waals surface area contributed by atoms with E-state index in [1.54, 1.807) is 23.1 Å². The quantitative estimate of drug-likeness (QED) is 0.627. The maximum absolute atomic E-state index is 12.9. The fourth-order valence-corrected chi connectivity index (χ4v) is 5.82. The first-order valence-corrected chi connectivity index (χ1v) is 12.0. The van der Waals surface area contributed by atoms with Crippen LogP contribution in [0, 0.1) is 5.92 Å². The van der Waals surface area contributed by atoms with Crippen LogP contribution in [0.1, 0.15) is 48.1 Å². The number of benzene rings is 1. The van der Waals surface area contributed by atoms with Crippen molar-refractivity contribution in [1.29, 1.82) is 0 Å². The summed E-state index contributed by atoms with van der Waals surface area (Å²) in [7, 11) is 2.17. The van der Waals surface area contributed by atoms with Gasteiger partial charge in [-0.25, -0.2) is 4.98 Å². The lowest BCUT2D eigenvalue weighted by Gasteiger charge is -2.21. The van der Waals surface area contributed by atoms with Gasteiger partial charge in [0.05, 0.1) is 12.4 Å². The molecule has 3 atom stereocenters. The first kappa shape index (κ1) is 19.7. The lowest BCUT2D eigenvalue weighted by molar-refractivity contribution is -0.924. The number of rotatable bonds is 5. The fourth-order valence-electron chi connectivity index (χ4n) is 4.02. The minimum Gasteiger partial charge on any atom is -0.325 e. The highest BCUT2D eigenvalue weighted by Gasteiger charge is 2.25. The molecule has 4 rings (SSSR count). The SMILES string of the molecule is CSc1ccc(C[NH+](C)[C@H](C)c2nc3sc4c(c3c(=O)[nH]2)CC[C@@H](C)C4)cc1. The normalized spacial score (nSPS) is 18.8. The summed E-state index contributed by atoms with van der Waals surface area (Å²) in [6.07, 6.45) is 5.35. The van der Waals surface area contributed by atoms with Gasteiger partial charge >= 0.3 is 0 Å². The van der Waals surface area contributed by atoms with Crippen LogP contribution in [-0.4, -0.2) is 23.3 Å². The Morgan fingerprint density at radius 3 is 2.82 bits per heavy atom. The zero-order valence-electron chi connectivity index (χ0n) is 17.0. The molecule has 1 unspecified atom stereocenters. The molecule has 0 amide bonds. The summed E-state index contributed by atoms with van der Waals surface area (Å²) >= 11 is 3.48. The van der Waals surface area contributed by atoms with Crippen LogP contribution in [0.4, 0.5) is 0 Å². The maximum Gasteiger partial charge on any atom is 0.260 e. The summed E-state index contributed by atoms with van der Waals surface area (Å²) < 4.78 is 0. The summed E-state index contributed by atoms with van der Waals surface area (Å²) in [5, 5.41) is 0.841. The molecule has 0 spiro atoms. The van der Waals surface area contributed by atoms with E-state index in [0.29, 0.717) is 5.92 Å². The van der Waals surface area contributed by atoms with Crippen LogP contribution in [0.15, 0.2) is 34.0 Å².